The Morgan fingerprint density at radius 2 is 1.95 bits per heavy atom. The Bertz CT molecular complexity index is 366. The molecule has 1 N–H and O–H groups in total. The number of rotatable bonds is 9. The van der Waals surface area contributed by atoms with Gasteiger partial charge in [-0.15, -0.1) is 0 Å². The fraction of sp³-hybridized carbons (Fsp3) is 0.625. The predicted molar refractivity (Wildman–Crippen MR) is 88.9 cm³/mol. The highest BCUT2D eigenvalue weighted by Crippen LogP contribution is 2.24. The van der Waals surface area contributed by atoms with Gasteiger partial charge in [-0.1, -0.05) is 48.7 Å². The molecule has 0 saturated carbocycles. The van der Waals surface area contributed by atoms with Crippen molar-refractivity contribution in [3.63, 3.8) is 0 Å². The van der Waals surface area contributed by atoms with Crippen LogP contribution in [0.1, 0.15) is 45.1 Å². The number of unbranched alkanes of at least 4 members (excludes halogenated alkanes) is 2. The lowest BCUT2D eigenvalue weighted by Gasteiger charge is -2.23. The third-order valence-corrected chi connectivity index (χ3v) is 3.79. The van der Waals surface area contributed by atoms with Crippen molar-refractivity contribution in [2.45, 2.75) is 46.1 Å². The molecule has 19 heavy (non-hydrogen) atoms. The van der Waals surface area contributed by atoms with Crippen LogP contribution in [0.3, 0.4) is 0 Å². The first-order chi connectivity index (χ1) is 9.19. The average molecular weight is 327 g/mol. The van der Waals surface area contributed by atoms with Crippen LogP contribution >= 0.6 is 15.9 Å². The Balaban J connectivity index is 2.69. The van der Waals surface area contributed by atoms with E-state index in [-0.39, 0.29) is 0 Å². The van der Waals surface area contributed by atoms with Crippen molar-refractivity contribution in [3.05, 3.63) is 28.2 Å². The van der Waals surface area contributed by atoms with Crippen molar-refractivity contribution in [1.29, 1.82) is 0 Å². The minimum absolute atomic E-state index is 0.953. The third kappa shape index (κ3) is 5.96. The van der Waals surface area contributed by atoms with Crippen LogP contribution in [0.2, 0.25) is 0 Å². The Labute approximate surface area is 126 Å². The van der Waals surface area contributed by atoms with Crippen molar-refractivity contribution in [1.82, 2.24) is 5.32 Å². The molecule has 1 aromatic carbocycles. The zero-order valence-corrected chi connectivity index (χ0v) is 14.1. The summed E-state index contributed by atoms with van der Waals surface area (Å²) in [6.45, 7) is 7.61. The topological polar surface area (TPSA) is 15.3 Å². The summed E-state index contributed by atoms with van der Waals surface area (Å²) in [5, 5.41) is 3.49. The average Bonchev–Trinajstić information content (AvgIpc) is 2.40. The summed E-state index contributed by atoms with van der Waals surface area (Å²) in [5.41, 5.74) is 2.73. The maximum atomic E-state index is 3.58. The quantitative estimate of drug-likeness (QED) is 0.668. The smallest absolute Gasteiger partial charge is 0.0420 e. The van der Waals surface area contributed by atoms with Crippen LogP contribution in [0, 0.1) is 0 Å². The molecule has 0 atom stereocenters. The summed E-state index contributed by atoms with van der Waals surface area (Å²) < 4.78 is 1.16. The highest BCUT2D eigenvalue weighted by molar-refractivity contribution is 9.10. The summed E-state index contributed by atoms with van der Waals surface area (Å²) >= 11 is 3.58. The first kappa shape index (κ1) is 16.5. The summed E-state index contributed by atoms with van der Waals surface area (Å²) in [4.78, 5) is 2.38. The van der Waals surface area contributed by atoms with Crippen LogP contribution in [-0.2, 0) is 6.54 Å². The Morgan fingerprint density at radius 1 is 1.16 bits per heavy atom. The lowest BCUT2D eigenvalue weighted by Crippen LogP contribution is -2.22. The standard InChI is InChI=1S/C16H27BrN2/c1-4-6-7-11-19(3)16-12-15(17)9-8-14(16)13-18-10-5-2/h8-9,12,18H,4-7,10-11,13H2,1-3H3. The molecule has 0 saturated heterocycles. The fourth-order valence-electron chi connectivity index (χ4n) is 2.16. The summed E-state index contributed by atoms with van der Waals surface area (Å²) in [5.74, 6) is 0. The van der Waals surface area contributed by atoms with Gasteiger partial charge >= 0.3 is 0 Å². The van der Waals surface area contributed by atoms with Gasteiger partial charge in [-0.05, 0) is 37.1 Å². The van der Waals surface area contributed by atoms with Crippen molar-refractivity contribution >= 4 is 21.6 Å². The van der Waals surface area contributed by atoms with Gasteiger partial charge in [0.25, 0.3) is 0 Å². The number of nitrogens with zero attached hydrogens (tertiary/aromatic N) is 1. The van der Waals surface area contributed by atoms with Crippen molar-refractivity contribution < 1.29 is 0 Å². The van der Waals surface area contributed by atoms with Gasteiger partial charge in [0.05, 0.1) is 0 Å². The van der Waals surface area contributed by atoms with Crippen LogP contribution in [0.5, 0.6) is 0 Å². The molecule has 2 nitrogen and oxygen atoms in total. The number of anilines is 1. The molecular formula is C16H27BrN2. The number of hydrogen-bond donors (Lipinski definition) is 1. The summed E-state index contributed by atoms with van der Waals surface area (Å²) in [7, 11) is 2.20. The molecule has 0 unspecified atom stereocenters. The second-order valence-corrected chi connectivity index (χ2v) is 5.99. The SMILES string of the molecule is CCCCCN(C)c1cc(Br)ccc1CNCCC. The molecular weight excluding hydrogens is 300 g/mol. The normalized spacial score (nSPS) is 10.7. The minimum atomic E-state index is 0.953. The molecule has 108 valence electrons. The van der Waals surface area contributed by atoms with Crippen LogP contribution in [0.4, 0.5) is 5.69 Å². The number of nitrogens with one attached hydrogen (secondary N) is 1. The van der Waals surface area contributed by atoms with E-state index in [9.17, 15) is 0 Å². The van der Waals surface area contributed by atoms with E-state index in [2.05, 4.69) is 65.2 Å². The second kappa shape index (κ2) is 9.38. The zero-order chi connectivity index (χ0) is 14.1. The molecule has 1 aromatic rings. The van der Waals surface area contributed by atoms with E-state index in [0.29, 0.717) is 0 Å². The van der Waals surface area contributed by atoms with Gasteiger partial charge in [-0.2, -0.15) is 0 Å². The molecule has 0 aromatic heterocycles. The molecule has 3 heteroatoms. The third-order valence-electron chi connectivity index (χ3n) is 3.30. The molecule has 1 rings (SSSR count). The van der Waals surface area contributed by atoms with E-state index in [1.807, 2.05) is 0 Å². The van der Waals surface area contributed by atoms with Crippen LogP contribution in [0.25, 0.3) is 0 Å². The van der Waals surface area contributed by atoms with Gasteiger partial charge in [0.1, 0.15) is 0 Å². The first-order valence-electron chi connectivity index (χ1n) is 7.39. The highest BCUT2D eigenvalue weighted by atomic mass is 79.9. The van der Waals surface area contributed by atoms with Crippen LogP contribution < -0.4 is 10.2 Å². The van der Waals surface area contributed by atoms with Gasteiger partial charge in [0, 0.05) is 30.3 Å². The highest BCUT2D eigenvalue weighted by Gasteiger charge is 2.07. The molecule has 0 heterocycles. The molecule has 0 aliphatic rings. The monoisotopic (exact) mass is 326 g/mol. The summed E-state index contributed by atoms with van der Waals surface area (Å²) in [6.07, 6.45) is 5.03. The molecule has 0 bridgehead atoms. The van der Waals surface area contributed by atoms with Gasteiger partial charge < -0.3 is 10.2 Å². The number of benzene rings is 1. The van der Waals surface area contributed by atoms with E-state index in [1.165, 1.54) is 36.9 Å². The van der Waals surface area contributed by atoms with E-state index in [4.69, 9.17) is 0 Å². The molecule has 0 aliphatic carbocycles. The van der Waals surface area contributed by atoms with Crippen molar-refractivity contribution in [2.24, 2.45) is 0 Å². The van der Waals surface area contributed by atoms with Gasteiger partial charge in [0.2, 0.25) is 0 Å². The van der Waals surface area contributed by atoms with Crippen LogP contribution in [0.15, 0.2) is 22.7 Å². The first-order valence-corrected chi connectivity index (χ1v) is 8.18. The molecule has 0 radical (unpaired) electrons. The number of hydrogen-bond acceptors (Lipinski definition) is 2. The molecule has 0 spiro atoms. The maximum absolute atomic E-state index is 3.58. The van der Waals surface area contributed by atoms with E-state index in [1.54, 1.807) is 0 Å². The zero-order valence-electron chi connectivity index (χ0n) is 12.5. The van der Waals surface area contributed by atoms with Crippen molar-refractivity contribution in [3.8, 4) is 0 Å². The Morgan fingerprint density at radius 3 is 2.63 bits per heavy atom. The summed E-state index contributed by atoms with van der Waals surface area (Å²) in [6, 6.07) is 6.58. The lowest BCUT2D eigenvalue weighted by atomic mass is 10.1. The van der Waals surface area contributed by atoms with Gasteiger partial charge in [0.15, 0.2) is 0 Å². The fourth-order valence-corrected chi connectivity index (χ4v) is 2.51. The molecule has 0 fully saturated rings. The molecule has 0 amide bonds. The molecule has 0 aliphatic heterocycles. The van der Waals surface area contributed by atoms with E-state index in [0.717, 1.165) is 24.1 Å². The second-order valence-electron chi connectivity index (χ2n) is 5.08. The van der Waals surface area contributed by atoms with Crippen molar-refractivity contribution in [2.75, 3.05) is 25.0 Å². The van der Waals surface area contributed by atoms with E-state index >= 15 is 0 Å². The van der Waals surface area contributed by atoms with Gasteiger partial charge in [-0.3, -0.25) is 0 Å². The van der Waals surface area contributed by atoms with E-state index < -0.39 is 0 Å². The lowest BCUT2D eigenvalue weighted by molar-refractivity contribution is 0.669. The minimum Gasteiger partial charge on any atom is -0.374 e. The Kier molecular flexibility index (Phi) is 8.15. The largest absolute Gasteiger partial charge is 0.374 e. The number of halogens is 1. The van der Waals surface area contributed by atoms with Crippen LogP contribution in [-0.4, -0.2) is 20.1 Å². The maximum Gasteiger partial charge on any atom is 0.0420 e. The predicted octanol–water partition coefficient (Wildman–Crippen LogP) is 4.58. The Hall–Kier alpha value is -0.540. The van der Waals surface area contributed by atoms with Gasteiger partial charge in [-0.25, -0.2) is 0 Å².